The maximum Gasteiger partial charge on any atom is 0.161 e. The molecule has 1 aliphatic heterocycles. The molecule has 3 atom stereocenters. The maximum absolute atomic E-state index is 11.8. The molecule has 1 fully saturated rings. The lowest BCUT2D eigenvalue weighted by atomic mass is 10.1. The van der Waals surface area contributed by atoms with Crippen molar-refractivity contribution in [3.63, 3.8) is 0 Å². The molecular weight excluding hydrogens is 304 g/mol. The van der Waals surface area contributed by atoms with Crippen LogP contribution in [0.2, 0.25) is 0 Å². The predicted molar refractivity (Wildman–Crippen MR) is 90.5 cm³/mol. The number of Topliss-reactive ketones (excluding diaryl/α,β-unsaturated/α-hetero) is 1. The number of carbonyl (C=O) groups excluding carboxylic acids is 1. The summed E-state index contributed by atoms with van der Waals surface area (Å²) in [5.74, 6) is -0.0288. The molecule has 4 heteroatoms. The monoisotopic (exact) mass is 326 g/mol. The van der Waals surface area contributed by atoms with Crippen LogP contribution >= 0.6 is 0 Å². The van der Waals surface area contributed by atoms with E-state index in [-0.39, 0.29) is 18.0 Å². The molecule has 0 aromatic heterocycles. The lowest BCUT2D eigenvalue weighted by Crippen LogP contribution is -2.38. The van der Waals surface area contributed by atoms with Crippen molar-refractivity contribution < 1.29 is 19.0 Å². The van der Waals surface area contributed by atoms with Crippen LogP contribution in [0.5, 0.6) is 0 Å². The van der Waals surface area contributed by atoms with Crippen molar-refractivity contribution in [1.82, 2.24) is 0 Å². The van der Waals surface area contributed by atoms with Crippen LogP contribution < -0.4 is 0 Å². The molecule has 0 radical (unpaired) electrons. The van der Waals surface area contributed by atoms with Gasteiger partial charge in [-0.15, -0.1) is 0 Å². The summed E-state index contributed by atoms with van der Waals surface area (Å²) in [5.41, 5.74) is 2.15. The predicted octanol–water partition coefficient (Wildman–Crippen LogP) is 3.15. The number of benzene rings is 2. The maximum atomic E-state index is 11.8. The summed E-state index contributed by atoms with van der Waals surface area (Å²) in [5, 5.41) is 0. The minimum atomic E-state index is -0.561. The van der Waals surface area contributed by atoms with E-state index in [2.05, 4.69) is 0 Å². The van der Waals surface area contributed by atoms with Crippen LogP contribution in [0.1, 0.15) is 18.1 Å². The van der Waals surface area contributed by atoms with E-state index in [1.54, 1.807) is 0 Å². The van der Waals surface area contributed by atoms with Gasteiger partial charge in [0, 0.05) is 0 Å². The molecule has 0 saturated carbocycles. The van der Waals surface area contributed by atoms with Crippen LogP contribution in [0, 0.1) is 0 Å². The molecule has 2 aromatic carbocycles. The highest BCUT2D eigenvalue weighted by Gasteiger charge is 2.41. The molecule has 2 aromatic rings. The summed E-state index contributed by atoms with van der Waals surface area (Å²) >= 11 is 0. The highest BCUT2D eigenvalue weighted by Crippen LogP contribution is 2.24. The van der Waals surface area contributed by atoms with E-state index in [4.69, 9.17) is 14.2 Å². The van der Waals surface area contributed by atoms with Crippen molar-refractivity contribution in [2.24, 2.45) is 0 Å². The third-order valence-corrected chi connectivity index (χ3v) is 4.10. The Bertz CT molecular complexity index is 641. The van der Waals surface area contributed by atoms with E-state index in [0.29, 0.717) is 19.8 Å². The van der Waals surface area contributed by atoms with Crippen molar-refractivity contribution >= 4 is 5.78 Å². The summed E-state index contributed by atoms with van der Waals surface area (Å²) < 4.78 is 17.6. The van der Waals surface area contributed by atoms with Gasteiger partial charge in [-0.1, -0.05) is 60.7 Å². The number of ketones is 1. The molecule has 0 N–H and O–H groups in total. The van der Waals surface area contributed by atoms with Crippen molar-refractivity contribution in [2.75, 3.05) is 6.61 Å². The molecule has 1 saturated heterocycles. The van der Waals surface area contributed by atoms with E-state index < -0.39 is 6.10 Å². The standard InChI is InChI=1S/C20H22O4/c1-15(21)19-20(23-13-17-10-6-3-7-11-17)18(14-24-19)22-12-16-8-4-2-5-9-16/h2-11,18-20H,12-14H2,1H3/t18-,19?,20+/m1/s1. The average Bonchev–Trinajstić information content (AvgIpc) is 3.03. The van der Waals surface area contributed by atoms with Gasteiger partial charge in [0.1, 0.15) is 18.3 Å². The van der Waals surface area contributed by atoms with Crippen LogP contribution in [0.4, 0.5) is 0 Å². The van der Waals surface area contributed by atoms with Crippen molar-refractivity contribution in [3.8, 4) is 0 Å². The van der Waals surface area contributed by atoms with E-state index in [1.165, 1.54) is 6.92 Å². The first-order valence-corrected chi connectivity index (χ1v) is 8.17. The van der Waals surface area contributed by atoms with Crippen LogP contribution in [-0.2, 0) is 32.2 Å². The molecule has 0 spiro atoms. The van der Waals surface area contributed by atoms with Crippen molar-refractivity contribution in [3.05, 3.63) is 71.8 Å². The highest BCUT2D eigenvalue weighted by molar-refractivity contribution is 5.81. The molecule has 1 heterocycles. The van der Waals surface area contributed by atoms with Crippen LogP contribution in [0.15, 0.2) is 60.7 Å². The molecule has 4 nitrogen and oxygen atoms in total. The highest BCUT2D eigenvalue weighted by atomic mass is 16.6. The second-order valence-corrected chi connectivity index (χ2v) is 5.96. The Kier molecular flexibility index (Phi) is 5.75. The number of ether oxygens (including phenoxy) is 3. The minimum absolute atomic E-state index is 0.0288. The van der Waals surface area contributed by atoms with Gasteiger partial charge in [-0.25, -0.2) is 0 Å². The Labute approximate surface area is 142 Å². The zero-order chi connectivity index (χ0) is 16.8. The number of hydrogen-bond acceptors (Lipinski definition) is 4. The van der Waals surface area contributed by atoms with Gasteiger partial charge in [0.25, 0.3) is 0 Å². The summed E-state index contributed by atoms with van der Waals surface area (Å²) in [6.45, 7) is 2.81. The molecule has 1 unspecified atom stereocenters. The SMILES string of the molecule is CC(=O)C1OC[C@@H](OCc2ccccc2)[C@@H]1OCc1ccccc1. The van der Waals surface area contributed by atoms with Crippen molar-refractivity contribution in [1.29, 1.82) is 0 Å². The first kappa shape index (κ1) is 16.8. The topological polar surface area (TPSA) is 44.8 Å². The average molecular weight is 326 g/mol. The normalized spacial score (nSPS) is 23.3. The van der Waals surface area contributed by atoms with Gasteiger partial charge in [0.15, 0.2) is 5.78 Å². The molecule has 126 valence electrons. The number of hydrogen-bond donors (Lipinski definition) is 0. The van der Waals surface area contributed by atoms with Gasteiger partial charge >= 0.3 is 0 Å². The molecule has 1 aliphatic rings. The number of rotatable bonds is 7. The largest absolute Gasteiger partial charge is 0.368 e. The Morgan fingerprint density at radius 1 is 0.958 bits per heavy atom. The van der Waals surface area contributed by atoms with E-state index in [1.807, 2.05) is 60.7 Å². The van der Waals surface area contributed by atoms with E-state index >= 15 is 0 Å². The Hall–Kier alpha value is -2.01. The van der Waals surface area contributed by atoms with Gasteiger partial charge in [-0.3, -0.25) is 4.79 Å². The fourth-order valence-corrected chi connectivity index (χ4v) is 2.81. The second kappa shape index (κ2) is 8.20. The molecule has 0 aliphatic carbocycles. The third-order valence-electron chi connectivity index (χ3n) is 4.10. The zero-order valence-corrected chi connectivity index (χ0v) is 13.8. The smallest absolute Gasteiger partial charge is 0.161 e. The van der Waals surface area contributed by atoms with Gasteiger partial charge in [-0.2, -0.15) is 0 Å². The molecule has 3 rings (SSSR count). The molecule has 0 amide bonds. The van der Waals surface area contributed by atoms with Gasteiger partial charge in [-0.05, 0) is 18.1 Å². The summed E-state index contributed by atoms with van der Waals surface area (Å²) in [7, 11) is 0. The van der Waals surface area contributed by atoms with E-state index in [9.17, 15) is 4.79 Å². The Balaban J connectivity index is 1.62. The Morgan fingerprint density at radius 2 is 1.50 bits per heavy atom. The Morgan fingerprint density at radius 3 is 2.04 bits per heavy atom. The first-order chi connectivity index (χ1) is 11.7. The summed E-state index contributed by atoms with van der Waals surface area (Å²) in [6, 6.07) is 19.8. The third kappa shape index (κ3) is 4.29. The van der Waals surface area contributed by atoms with Crippen LogP contribution in [0.25, 0.3) is 0 Å². The van der Waals surface area contributed by atoms with Crippen LogP contribution in [-0.4, -0.2) is 30.7 Å². The zero-order valence-electron chi connectivity index (χ0n) is 13.8. The number of carbonyl (C=O) groups is 1. The lowest BCUT2D eigenvalue weighted by molar-refractivity contribution is -0.133. The minimum Gasteiger partial charge on any atom is -0.368 e. The van der Waals surface area contributed by atoms with Gasteiger partial charge < -0.3 is 14.2 Å². The molecular formula is C20H22O4. The quantitative estimate of drug-likeness (QED) is 0.784. The first-order valence-electron chi connectivity index (χ1n) is 8.17. The van der Waals surface area contributed by atoms with E-state index in [0.717, 1.165) is 11.1 Å². The fraction of sp³-hybridized carbons (Fsp3) is 0.350. The molecule has 0 bridgehead atoms. The van der Waals surface area contributed by atoms with Crippen LogP contribution in [0.3, 0.4) is 0 Å². The second-order valence-electron chi connectivity index (χ2n) is 5.96. The molecule has 24 heavy (non-hydrogen) atoms. The fourth-order valence-electron chi connectivity index (χ4n) is 2.81. The summed E-state index contributed by atoms with van der Waals surface area (Å²) in [4.78, 5) is 11.8. The van der Waals surface area contributed by atoms with Crippen molar-refractivity contribution in [2.45, 2.75) is 38.4 Å². The summed E-state index contributed by atoms with van der Waals surface area (Å²) in [6.07, 6.45) is -1.19. The van der Waals surface area contributed by atoms with Gasteiger partial charge in [0.05, 0.1) is 19.8 Å². The van der Waals surface area contributed by atoms with Gasteiger partial charge in [0.2, 0.25) is 0 Å². The lowest BCUT2D eigenvalue weighted by Gasteiger charge is -2.22.